The maximum Gasteiger partial charge on any atom is 0.137 e. The number of hydrogen-bond acceptors (Lipinski definition) is 3. The van der Waals surface area contributed by atoms with Gasteiger partial charge in [-0.3, -0.25) is 0 Å². The standard InChI is InChI=1S/C10H9N3O/c1-7-9(6-14)13-5-8(4-11)2-3-10(13)12-7/h2-3,5,14H,6H2,1H3. The number of aliphatic hydroxyl groups is 1. The molecule has 2 rings (SSSR count). The fourth-order valence-corrected chi connectivity index (χ4v) is 1.47. The number of nitriles is 1. The quantitative estimate of drug-likeness (QED) is 0.724. The molecule has 4 nitrogen and oxygen atoms in total. The molecule has 0 saturated heterocycles. The Kier molecular flexibility index (Phi) is 1.95. The molecule has 0 unspecified atom stereocenters. The molecule has 0 saturated carbocycles. The Bertz CT molecular complexity index is 522. The molecule has 0 fully saturated rings. The van der Waals surface area contributed by atoms with Gasteiger partial charge in [0.1, 0.15) is 11.7 Å². The SMILES string of the molecule is Cc1nc2ccc(C#N)cn2c1CO. The van der Waals surface area contributed by atoms with Crippen LogP contribution in [0.2, 0.25) is 0 Å². The number of nitrogens with zero attached hydrogens (tertiary/aromatic N) is 3. The summed E-state index contributed by atoms with van der Waals surface area (Å²) in [4.78, 5) is 4.25. The van der Waals surface area contributed by atoms with Crippen molar-refractivity contribution in [3.8, 4) is 6.07 Å². The topological polar surface area (TPSA) is 61.3 Å². The van der Waals surface area contributed by atoms with Gasteiger partial charge in [0.15, 0.2) is 0 Å². The van der Waals surface area contributed by atoms with Crippen molar-refractivity contribution >= 4 is 5.65 Å². The fraction of sp³-hybridized carbons (Fsp3) is 0.200. The van der Waals surface area contributed by atoms with Crippen molar-refractivity contribution in [2.45, 2.75) is 13.5 Å². The number of imidazole rings is 1. The summed E-state index contributed by atoms with van der Waals surface area (Å²) in [5.41, 5.74) is 2.84. The summed E-state index contributed by atoms with van der Waals surface area (Å²) in [6.07, 6.45) is 1.68. The number of aromatic nitrogens is 2. The molecule has 0 aliphatic carbocycles. The number of fused-ring (bicyclic) bond motifs is 1. The Morgan fingerprint density at radius 2 is 2.36 bits per heavy atom. The second-order valence-electron chi connectivity index (χ2n) is 3.06. The van der Waals surface area contributed by atoms with Gasteiger partial charge in [-0.25, -0.2) is 4.98 Å². The van der Waals surface area contributed by atoms with Gasteiger partial charge in [-0.1, -0.05) is 0 Å². The highest BCUT2D eigenvalue weighted by molar-refractivity contribution is 5.46. The molecule has 2 heterocycles. The average molecular weight is 187 g/mol. The van der Waals surface area contributed by atoms with Crippen LogP contribution in [0.3, 0.4) is 0 Å². The Morgan fingerprint density at radius 1 is 1.57 bits per heavy atom. The van der Waals surface area contributed by atoms with Crippen LogP contribution in [0.1, 0.15) is 17.0 Å². The van der Waals surface area contributed by atoms with Gasteiger partial charge < -0.3 is 9.51 Å². The van der Waals surface area contributed by atoms with E-state index in [1.54, 1.807) is 22.7 Å². The molecule has 70 valence electrons. The van der Waals surface area contributed by atoms with Crippen LogP contribution in [-0.2, 0) is 6.61 Å². The van der Waals surface area contributed by atoms with Crippen molar-refractivity contribution in [1.29, 1.82) is 5.26 Å². The highest BCUT2D eigenvalue weighted by atomic mass is 16.3. The lowest BCUT2D eigenvalue weighted by Gasteiger charge is -1.98. The lowest BCUT2D eigenvalue weighted by molar-refractivity contribution is 0.275. The molecule has 14 heavy (non-hydrogen) atoms. The number of hydrogen-bond donors (Lipinski definition) is 1. The number of aryl methyl sites for hydroxylation is 1. The molecule has 0 radical (unpaired) electrons. The Labute approximate surface area is 81.1 Å². The molecular formula is C10H9N3O. The predicted molar refractivity (Wildman–Crippen MR) is 50.6 cm³/mol. The first kappa shape index (κ1) is 8.73. The van der Waals surface area contributed by atoms with Crippen molar-refractivity contribution in [3.63, 3.8) is 0 Å². The molecule has 0 aliphatic rings. The van der Waals surface area contributed by atoms with E-state index in [2.05, 4.69) is 4.98 Å². The van der Waals surface area contributed by atoms with Gasteiger partial charge >= 0.3 is 0 Å². The molecule has 0 aliphatic heterocycles. The van der Waals surface area contributed by atoms with Crippen LogP contribution in [0.15, 0.2) is 18.3 Å². The van der Waals surface area contributed by atoms with Crippen LogP contribution in [-0.4, -0.2) is 14.5 Å². The van der Waals surface area contributed by atoms with E-state index < -0.39 is 0 Å². The summed E-state index contributed by atoms with van der Waals surface area (Å²) in [7, 11) is 0. The minimum atomic E-state index is -0.0676. The molecular weight excluding hydrogens is 178 g/mol. The zero-order chi connectivity index (χ0) is 10.1. The monoisotopic (exact) mass is 187 g/mol. The lowest BCUT2D eigenvalue weighted by atomic mass is 10.3. The van der Waals surface area contributed by atoms with Gasteiger partial charge in [0.25, 0.3) is 0 Å². The Hall–Kier alpha value is -1.86. The molecule has 0 bridgehead atoms. The summed E-state index contributed by atoms with van der Waals surface area (Å²) in [6, 6.07) is 5.53. The summed E-state index contributed by atoms with van der Waals surface area (Å²) in [6.45, 7) is 1.77. The molecule has 0 spiro atoms. The van der Waals surface area contributed by atoms with E-state index in [1.165, 1.54) is 0 Å². The second-order valence-corrected chi connectivity index (χ2v) is 3.06. The van der Waals surface area contributed by atoms with Crippen LogP contribution in [0.25, 0.3) is 5.65 Å². The van der Waals surface area contributed by atoms with Gasteiger partial charge in [0.2, 0.25) is 0 Å². The third kappa shape index (κ3) is 1.15. The number of aliphatic hydroxyl groups excluding tert-OH is 1. The Morgan fingerprint density at radius 3 is 3.00 bits per heavy atom. The zero-order valence-electron chi connectivity index (χ0n) is 7.73. The third-order valence-corrected chi connectivity index (χ3v) is 2.20. The van der Waals surface area contributed by atoms with E-state index in [0.29, 0.717) is 5.56 Å². The van der Waals surface area contributed by atoms with Gasteiger partial charge in [-0.05, 0) is 19.1 Å². The normalized spacial score (nSPS) is 10.4. The smallest absolute Gasteiger partial charge is 0.137 e. The predicted octanol–water partition coefficient (Wildman–Crippen LogP) is 1.01. The van der Waals surface area contributed by atoms with E-state index in [0.717, 1.165) is 17.0 Å². The minimum absolute atomic E-state index is 0.0676. The van der Waals surface area contributed by atoms with Gasteiger partial charge in [0, 0.05) is 6.20 Å². The highest BCUT2D eigenvalue weighted by Crippen LogP contribution is 2.12. The van der Waals surface area contributed by atoms with E-state index in [1.807, 2.05) is 13.0 Å². The summed E-state index contributed by atoms with van der Waals surface area (Å²) < 4.78 is 1.74. The molecule has 2 aromatic rings. The van der Waals surface area contributed by atoms with E-state index in [9.17, 15) is 0 Å². The summed E-state index contributed by atoms with van der Waals surface area (Å²) >= 11 is 0. The maximum absolute atomic E-state index is 9.13. The van der Waals surface area contributed by atoms with E-state index >= 15 is 0 Å². The zero-order valence-corrected chi connectivity index (χ0v) is 7.73. The second kappa shape index (κ2) is 3.13. The van der Waals surface area contributed by atoms with Gasteiger partial charge in [0.05, 0.1) is 23.6 Å². The summed E-state index contributed by atoms with van der Waals surface area (Å²) in [5.74, 6) is 0. The van der Waals surface area contributed by atoms with Crippen LogP contribution in [0.5, 0.6) is 0 Å². The lowest BCUT2D eigenvalue weighted by Crippen LogP contribution is -1.94. The summed E-state index contributed by atoms with van der Waals surface area (Å²) in [5, 5.41) is 17.8. The minimum Gasteiger partial charge on any atom is -0.390 e. The van der Waals surface area contributed by atoms with Crippen LogP contribution in [0, 0.1) is 18.3 Å². The van der Waals surface area contributed by atoms with E-state index in [-0.39, 0.29) is 6.61 Å². The first-order chi connectivity index (χ1) is 6.76. The molecule has 0 amide bonds. The first-order valence-corrected chi connectivity index (χ1v) is 4.25. The first-order valence-electron chi connectivity index (χ1n) is 4.25. The van der Waals surface area contributed by atoms with Crippen LogP contribution >= 0.6 is 0 Å². The number of rotatable bonds is 1. The molecule has 4 heteroatoms. The van der Waals surface area contributed by atoms with Crippen molar-refractivity contribution in [1.82, 2.24) is 9.38 Å². The van der Waals surface area contributed by atoms with Crippen molar-refractivity contribution in [2.75, 3.05) is 0 Å². The maximum atomic E-state index is 9.13. The highest BCUT2D eigenvalue weighted by Gasteiger charge is 2.07. The van der Waals surface area contributed by atoms with Crippen molar-refractivity contribution < 1.29 is 5.11 Å². The largest absolute Gasteiger partial charge is 0.390 e. The average Bonchev–Trinajstić information content (AvgIpc) is 2.52. The van der Waals surface area contributed by atoms with Gasteiger partial charge in [-0.2, -0.15) is 5.26 Å². The fourth-order valence-electron chi connectivity index (χ4n) is 1.47. The molecule has 2 aromatic heterocycles. The molecule has 0 aromatic carbocycles. The third-order valence-electron chi connectivity index (χ3n) is 2.20. The van der Waals surface area contributed by atoms with Gasteiger partial charge in [-0.15, -0.1) is 0 Å². The molecule has 1 N–H and O–H groups in total. The van der Waals surface area contributed by atoms with Crippen molar-refractivity contribution in [2.24, 2.45) is 0 Å². The van der Waals surface area contributed by atoms with Crippen LogP contribution in [0.4, 0.5) is 0 Å². The number of pyridine rings is 1. The molecule has 0 atom stereocenters. The van der Waals surface area contributed by atoms with E-state index in [4.69, 9.17) is 10.4 Å². The van der Waals surface area contributed by atoms with Crippen molar-refractivity contribution in [3.05, 3.63) is 35.3 Å². The Balaban J connectivity index is 2.79. The van der Waals surface area contributed by atoms with Crippen LogP contribution < -0.4 is 0 Å².